The second-order valence-corrected chi connectivity index (χ2v) is 6.90. The second-order valence-electron chi connectivity index (χ2n) is 5.99. The molecule has 1 saturated carbocycles. The highest BCUT2D eigenvalue weighted by molar-refractivity contribution is 9.10. The predicted octanol–water partition coefficient (Wildman–Crippen LogP) is 3.09. The Bertz CT molecular complexity index is 476. The molecule has 2 N–H and O–H groups in total. The van der Waals surface area contributed by atoms with Crippen molar-refractivity contribution in [2.75, 3.05) is 6.54 Å². The Hall–Kier alpha value is -0.870. The second kappa shape index (κ2) is 5.86. The molecule has 1 aliphatic heterocycles. The molecule has 1 atom stereocenters. The molecular formula is C16H21BrN2O. The minimum absolute atomic E-state index is 0.115. The lowest BCUT2D eigenvalue weighted by Crippen LogP contribution is -2.51. The van der Waals surface area contributed by atoms with Gasteiger partial charge in [-0.1, -0.05) is 28.1 Å². The Morgan fingerprint density at radius 3 is 2.60 bits per heavy atom. The van der Waals surface area contributed by atoms with Gasteiger partial charge in [-0.25, -0.2) is 0 Å². The minimum Gasteiger partial charge on any atom is -0.347 e. The quantitative estimate of drug-likeness (QED) is 0.887. The van der Waals surface area contributed by atoms with Gasteiger partial charge in [0.25, 0.3) is 0 Å². The summed E-state index contributed by atoms with van der Waals surface area (Å²) in [7, 11) is 0. The van der Waals surface area contributed by atoms with E-state index in [0.717, 1.165) is 30.3 Å². The Morgan fingerprint density at radius 1 is 1.30 bits per heavy atom. The molecule has 0 aromatic heterocycles. The summed E-state index contributed by atoms with van der Waals surface area (Å²) in [5.41, 5.74) is 1.12. The van der Waals surface area contributed by atoms with Gasteiger partial charge in [0.2, 0.25) is 5.91 Å². The fraction of sp³-hybridized carbons (Fsp3) is 0.562. The van der Waals surface area contributed by atoms with Crippen molar-refractivity contribution in [1.29, 1.82) is 0 Å². The molecule has 1 aliphatic carbocycles. The highest BCUT2D eigenvalue weighted by atomic mass is 79.9. The van der Waals surface area contributed by atoms with E-state index in [4.69, 9.17) is 0 Å². The minimum atomic E-state index is -0.115. The number of halogens is 1. The number of rotatable bonds is 4. The zero-order valence-corrected chi connectivity index (χ0v) is 13.2. The number of benzene rings is 1. The monoisotopic (exact) mass is 336 g/mol. The summed E-state index contributed by atoms with van der Waals surface area (Å²) in [4.78, 5) is 12.3. The van der Waals surface area contributed by atoms with E-state index in [1.165, 1.54) is 18.4 Å². The van der Waals surface area contributed by atoms with Crippen LogP contribution in [0.2, 0.25) is 0 Å². The van der Waals surface area contributed by atoms with Crippen molar-refractivity contribution in [2.45, 2.75) is 50.1 Å². The van der Waals surface area contributed by atoms with Gasteiger partial charge in [0.1, 0.15) is 0 Å². The summed E-state index contributed by atoms with van der Waals surface area (Å²) < 4.78 is 1.08. The molecule has 3 rings (SSSR count). The van der Waals surface area contributed by atoms with Crippen LogP contribution < -0.4 is 10.6 Å². The molecule has 0 radical (unpaired) electrons. The third kappa shape index (κ3) is 2.91. The average molecular weight is 337 g/mol. The van der Waals surface area contributed by atoms with Gasteiger partial charge >= 0.3 is 0 Å². The van der Waals surface area contributed by atoms with Crippen molar-refractivity contribution < 1.29 is 4.79 Å². The molecule has 0 spiro atoms. The van der Waals surface area contributed by atoms with E-state index < -0.39 is 0 Å². The Labute approximate surface area is 128 Å². The number of hydrogen-bond acceptors (Lipinski definition) is 2. The molecule has 1 aromatic rings. The third-order valence-electron chi connectivity index (χ3n) is 4.58. The molecule has 1 unspecified atom stereocenters. The predicted molar refractivity (Wildman–Crippen MR) is 83.5 cm³/mol. The maximum Gasteiger partial charge on any atom is 0.222 e. The first-order valence-corrected chi connectivity index (χ1v) is 8.28. The van der Waals surface area contributed by atoms with Gasteiger partial charge < -0.3 is 10.6 Å². The molecule has 3 nitrogen and oxygen atoms in total. The van der Waals surface area contributed by atoms with Crippen molar-refractivity contribution in [3.63, 3.8) is 0 Å². The molecule has 2 fully saturated rings. The van der Waals surface area contributed by atoms with Gasteiger partial charge in [0.15, 0.2) is 0 Å². The van der Waals surface area contributed by atoms with E-state index in [1.807, 2.05) is 0 Å². The van der Waals surface area contributed by atoms with Gasteiger partial charge in [-0.3, -0.25) is 4.79 Å². The lowest BCUT2D eigenvalue weighted by atomic mass is 9.71. The Kier molecular flexibility index (Phi) is 4.13. The highest BCUT2D eigenvalue weighted by Crippen LogP contribution is 2.41. The topological polar surface area (TPSA) is 41.1 Å². The first kappa shape index (κ1) is 14.1. The number of carbonyl (C=O) groups is 1. The van der Waals surface area contributed by atoms with Crippen molar-refractivity contribution in [2.24, 2.45) is 0 Å². The normalized spacial score (nSPS) is 24.1. The summed E-state index contributed by atoms with van der Waals surface area (Å²) in [6.07, 6.45) is 6.22. The molecule has 2 aliphatic rings. The van der Waals surface area contributed by atoms with Crippen LogP contribution >= 0.6 is 15.9 Å². The fourth-order valence-electron chi connectivity index (χ4n) is 3.26. The molecule has 1 amide bonds. The summed E-state index contributed by atoms with van der Waals surface area (Å²) in [5, 5.41) is 6.69. The lowest BCUT2D eigenvalue weighted by molar-refractivity contribution is -0.124. The maximum absolute atomic E-state index is 12.3. The van der Waals surface area contributed by atoms with E-state index in [1.54, 1.807) is 0 Å². The number of carbonyl (C=O) groups excluding carboxylic acids is 1. The fourth-order valence-corrected chi connectivity index (χ4v) is 3.52. The molecule has 20 heavy (non-hydrogen) atoms. The lowest BCUT2D eigenvalue weighted by Gasteiger charge is -2.43. The van der Waals surface area contributed by atoms with Crippen LogP contribution in [-0.4, -0.2) is 18.5 Å². The van der Waals surface area contributed by atoms with Gasteiger partial charge in [-0.05, 0) is 56.3 Å². The largest absolute Gasteiger partial charge is 0.347 e. The van der Waals surface area contributed by atoms with Crippen molar-refractivity contribution in [1.82, 2.24) is 10.6 Å². The molecule has 4 heteroatoms. The van der Waals surface area contributed by atoms with Gasteiger partial charge in [-0.15, -0.1) is 0 Å². The Balaban J connectivity index is 1.66. The van der Waals surface area contributed by atoms with E-state index in [-0.39, 0.29) is 11.4 Å². The summed E-state index contributed by atoms with van der Waals surface area (Å²) in [6, 6.07) is 8.73. The third-order valence-corrected chi connectivity index (χ3v) is 5.11. The van der Waals surface area contributed by atoms with E-state index >= 15 is 0 Å². The van der Waals surface area contributed by atoms with Crippen molar-refractivity contribution >= 4 is 21.8 Å². The van der Waals surface area contributed by atoms with Crippen molar-refractivity contribution in [3.05, 3.63) is 34.3 Å². The molecule has 1 saturated heterocycles. The SMILES string of the molecule is O=C(CC1CCCN1)NC1(c2ccc(Br)cc2)CCC1. The van der Waals surface area contributed by atoms with Gasteiger partial charge in [-0.2, -0.15) is 0 Å². The smallest absolute Gasteiger partial charge is 0.222 e. The molecule has 0 bridgehead atoms. The maximum atomic E-state index is 12.3. The van der Waals surface area contributed by atoms with E-state index in [9.17, 15) is 4.79 Å². The highest BCUT2D eigenvalue weighted by Gasteiger charge is 2.40. The van der Waals surface area contributed by atoms with Crippen LogP contribution in [0.15, 0.2) is 28.7 Å². The molecule has 1 heterocycles. The first-order chi connectivity index (χ1) is 9.68. The van der Waals surface area contributed by atoms with E-state index in [0.29, 0.717) is 12.5 Å². The molecular weight excluding hydrogens is 316 g/mol. The van der Waals surface area contributed by atoms with Crippen LogP contribution in [0.4, 0.5) is 0 Å². The molecule has 1 aromatic carbocycles. The van der Waals surface area contributed by atoms with Crippen LogP contribution in [0.3, 0.4) is 0 Å². The van der Waals surface area contributed by atoms with Crippen LogP contribution in [0, 0.1) is 0 Å². The zero-order valence-electron chi connectivity index (χ0n) is 11.6. The van der Waals surface area contributed by atoms with Crippen LogP contribution in [0.5, 0.6) is 0 Å². The van der Waals surface area contributed by atoms with Crippen LogP contribution in [-0.2, 0) is 10.3 Å². The Morgan fingerprint density at radius 2 is 2.05 bits per heavy atom. The number of nitrogens with one attached hydrogen (secondary N) is 2. The van der Waals surface area contributed by atoms with Crippen LogP contribution in [0.25, 0.3) is 0 Å². The summed E-state index contributed by atoms with van der Waals surface area (Å²) in [6.45, 7) is 1.05. The standard InChI is InChI=1S/C16H21BrN2O/c17-13-6-4-12(5-7-13)16(8-2-9-16)19-15(20)11-14-3-1-10-18-14/h4-7,14,18H,1-3,8-11H2,(H,19,20). The zero-order chi connectivity index (χ0) is 14.0. The van der Waals surface area contributed by atoms with Crippen molar-refractivity contribution in [3.8, 4) is 0 Å². The molecule has 108 valence electrons. The van der Waals surface area contributed by atoms with E-state index in [2.05, 4.69) is 50.8 Å². The van der Waals surface area contributed by atoms with Gasteiger partial charge in [0.05, 0.1) is 5.54 Å². The average Bonchev–Trinajstić information content (AvgIpc) is 2.88. The summed E-state index contributed by atoms with van der Waals surface area (Å²) >= 11 is 3.47. The first-order valence-electron chi connectivity index (χ1n) is 7.48. The number of hydrogen-bond donors (Lipinski definition) is 2. The number of amides is 1. The van der Waals surface area contributed by atoms with Gasteiger partial charge in [0, 0.05) is 16.9 Å². The van der Waals surface area contributed by atoms with Crippen LogP contribution in [0.1, 0.15) is 44.1 Å². The summed E-state index contributed by atoms with van der Waals surface area (Å²) in [5.74, 6) is 0.187.